The molecule has 42 heavy (non-hydrogen) atoms. The molecule has 1 saturated heterocycles. The molecule has 6 rings (SSSR count). The Bertz CT molecular complexity index is 1690. The van der Waals surface area contributed by atoms with E-state index in [2.05, 4.69) is 51.5 Å². The van der Waals surface area contributed by atoms with Gasteiger partial charge in [-0.3, -0.25) is 14.8 Å². The number of piperidine rings is 1. The summed E-state index contributed by atoms with van der Waals surface area (Å²) in [7, 11) is 1.98. The molecule has 4 heterocycles. The minimum atomic E-state index is -0.174. The molecule has 3 aromatic heterocycles. The average molecular weight is 562 g/mol. The van der Waals surface area contributed by atoms with Gasteiger partial charge in [0.1, 0.15) is 17.2 Å². The summed E-state index contributed by atoms with van der Waals surface area (Å²) in [5.74, 6) is 1.72. The molecule has 1 amide bonds. The van der Waals surface area contributed by atoms with Crippen molar-refractivity contribution in [1.82, 2.24) is 29.7 Å². The minimum absolute atomic E-state index is 0.159. The number of ether oxygens (including phenoxy) is 1. The predicted molar refractivity (Wildman–Crippen MR) is 165 cm³/mol. The van der Waals surface area contributed by atoms with Gasteiger partial charge in [0.2, 0.25) is 5.95 Å². The number of carbonyl (C=O) groups excluding carboxylic acids is 1. The SMILES string of the molecule is CC(C)N1CCC(NC(=O)c2cc(Oc3ccc4c(c3)nc(Nc3cccc(-c5ccncc5)c3)n4C)ccn2)CC1. The molecule has 1 fully saturated rings. The van der Waals surface area contributed by atoms with E-state index in [4.69, 9.17) is 9.72 Å². The summed E-state index contributed by atoms with van der Waals surface area (Å²) in [6, 6.07) is 22.1. The van der Waals surface area contributed by atoms with E-state index in [1.165, 1.54) is 0 Å². The van der Waals surface area contributed by atoms with Gasteiger partial charge in [-0.1, -0.05) is 12.1 Å². The third kappa shape index (κ3) is 6.11. The van der Waals surface area contributed by atoms with Crippen LogP contribution in [0.4, 0.5) is 11.6 Å². The van der Waals surface area contributed by atoms with Crippen LogP contribution in [0.3, 0.4) is 0 Å². The van der Waals surface area contributed by atoms with Gasteiger partial charge in [0, 0.05) is 68.6 Å². The van der Waals surface area contributed by atoms with Crippen LogP contribution in [0, 0.1) is 0 Å². The van der Waals surface area contributed by atoms with Crippen LogP contribution in [0.5, 0.6) is 11.5 Å². The van der Waals surface area contributed by atoms with Gasteiger partial charge < -0.3 is 24.8 Å². The number of pyridine rings is 2. The zero-order valence-corrected chi connectivity index (χ0v) is 24.1. The summed E-state index contributed by atoms with van der Waals surface area (Å²) >= 11 is 0. The Kier molecular flexibility index (Phi) is 7.83. The molecular weight excluding hydrogens is 526 g/mol. The second-order valence-electron chi connectivity index (χ2n) is 10.9. The number of anilines is 2. The van der Waals surface area contributed by atoms with Crippen molar-refractivity contribution < 1.29 is 9.53 Å². The number of imidazole rings is 1. The van der Waals surface area contributed by atoms with Crippen LogP contribution >= 0.6 is 0 Å². The van der Waals surface area contributed by atoms with E-state index in [1.54, 1.807) is 30.7 Å². The highest BCUT2D eigenvalue weighted by Gasteiger charge is 2.23. The summed E-state index contributed by atoms with van der Waals surface area (Å²) in [4.78, 5) is 28.6. The Balaban J connectivity index is 1.14. The molecule has 0 bridgehead atoms. The molecule has 2 N–H and O–H groups in total. The summed E-state index contributed by atoms with van der Waals surface area (Å²) in [5.41, 5.74) is 5.24. The molecule has 5 aromatic rings. The maximum atomic E-state index is 12.9. The van der Waals surface area contributed by atoms with Crippen molar-refractivity contribution in [2.45, 2.75) is 38.8 Å². The molecule has 9 nitrogen and oxygen atoms in total. The van der Waals surface area contributed by atoms with Crippen molar-refractivity contribution in [3.8, 4) is 22.6 Å². The number of amides is 1. The Hall–Kier alpha value is -4.76. The number of aromatic nitrogens is 4. The van der Waals surface area contributed by atoms with Crippen molar-refractivity contribution in [2.24, 2.45) is 7.05 Å². The zero-order valence-electron chi connectivity index (χ0n) is 24.1. The fourth-order valence-electron chi connectivity index (χ4n) is 5.36. The molecule has 2 aromatic carbocycles. The Morgan fingerprint density at radius 3 is 2.50 bits per heavy atom. The van der Waals surface area contributed by atoms with Crippen LogP contribution in [-0.2, 0) is 7.05 Å². The maximum absolute atomic E-state index is 12.9. The normalized spacial score (nSPS) is 14.3. The van der Waals surface area contributed by atoms with Gasteiger partial charge in [-0.2, -0.15) is 0 Å². The maximum Gasteiger partial charge on any atom is 0.270 e. The van der Waals surface area contributed by atoms with Gasteiger partial charge in [-0.25, -0.2) is 4.98 Å². The highest BCUT2D eigenvalue weighted by molar-refractivity contribution is 5.92. The van der Waals surface area contributed by atoms with Crippen molar-refractivity contribution in [2.75, 3.05) is 18.4 Å². The second-order valence-corrected chi connectivity index (χ2v) is 10.9. The van der Waals surface area contributed by atoms with E-state index in [0.29, 0.717) is 23.2 Å². The molecule has 9 heteroatoms. The number of rotatable bonds is 8. The smallest absolute Gasteiger partial charge is 0.270 e. The number of hydrogen-bond acceptors (Lipinski definition) is 7. The lowest BCUT2D eigenvalue weighted by Gasteiger charge is -2.34. The molecule has 1 aliphatic heterocycles. The first-order valence-electron chi connectivity index (χ1n) is 14.4. The van der Waals surface area contributed by atoms with Crippen molar-refractivity contribution in [3.05, 3.63) is 91.0 Å². The van der Waals surface area contributed by atoms with Gasteiger partial charge in [0.25, 0.3) is 5.91 Å². The standard InChI is InChI=1S/C33H35N7O2/c1-22(2)40-17-12-25(13-18-40)36-32(41)30-21-28(11-16-35-30)42-27-7-8-31-29(20-27)38-33(39(31)3)37-26-6-4-5-24(19-26)23-9-14-34-15-10-23/h4-11,14-16,19-22,25H,12-13,17-18H2,1-3H3,(H,36,41)(H,37,38). The molecule has 0 atom stereocenters. The number of fused-ring (bicyclic) bond motifs is 1. The van der Waals surface area contributed by atoms with Crippen LogP contribution < -0.4 is 15.4 Å². The van der Waals surface area contributed by atoms with E-state index in [0.717, 1.165) is 59.7 Å². The molecule has 0 radical (unpaired) electrons. The molecule has 0 unspecified atom stereocenters. The lowest BCUT2D eigenvalue weighted by molar-refractivity contribution is 0.0895. The number of carbonyl (C=O) groups is 1. The van der Waals surface area contributed by atoms with Gasteiger partial charge in [-0.15, -0.1) is 0 Å². The fourth-order valence-corrected chi connectivity index (χ4v) is 5.36. The molecule has 0 saturated carbocycles. The Labute approximate surface area is 245 Å². The monoisotopic (exact) mass is 561 g/mol. The van der Waals surface area contributed by atoms with Gasteiger partial charge in [0.15, 0.2) is 0 Å². The molecule has 1 aliphatic rings. The van der Waals surface area contributed by atoms with Gasteiger partial charge >= 0.3 is 0 Å². The summed E-state index contributed by atoms with van der Waals surface area (Å²) in [5, 5.41) is 6.59. The largest absolute Gasteiger partial charge is 0.457 e. The van der Waals surface area contributed by atoms with Crippen molar-refractivity contribution in [3.63, 3.8) is 0 Å². The van der Waals surface area contributed by atoms with Crippen LogP contribution in [0.2, 0.25) is 0 Å². The van der Waals surface area contributed by atoms with Gasteiger partial charge in [0.05, 0.1) is 11.0 Å². The Morgan fingerprint density at radius 2 is 1.71 bits per heavy atom. The topological polar surface area (TPSA) is 97.2 Å². The zero-order chi connectivity index (χ0) is 29.1. The number of nitrogens with one attached hydrogen (secondary N) is 2. The van der Waals surface area contributed by atoms with Crippen LogP contribution in [0.25, 0.3) is 22.2 Å². The van der Waals surface area contributed by atoms with E-state index < -0.39 is 0 Å². The third-order valence-electron chi connectivity index (χ3n) is 7.78. The molecule has 0 aliphatic carbocycles. The molecule has 0 spiro atoms. The van der Waals surface area contributed by atoms with E-state index in [1.807, 2.05) is 54.1 Å². The number of aryl methyl sites for hydroxylation is 1. The highest BCUT2D eigenvalue weighted by atomic mass is 16.5. The number of likely N-dealkylation sites (tertiary alicyclic amines) is 1. The van der Waals surface area contributed by atoms with Crippen LogP contribution in [0.15, 0.2) is 85.3 Å². The first-order valence-corrected chi connectivity index (χ1v) is 14.4. The average Bonchev–Trinajstić information content (AvgIpc) is 3.32. The lowest BCUT2D eigenvalue weighted by atomic mass is 10.0. The molecule has 214 valence electrons. The number of nitrogens with zero attached hydrogens (tertiary/aromatic N) is 5. The predicted octanol–water partition coefficient (Wildman–Crippen LogP) is 6.17. The summed E-state index contributed by atoms with van der Waals surface area (Å²) < 4.78 is 8.15. The second kappa shape index (κ2) is 12.0. The Morgan fingerprint density at radius 1 is 0.929 bits per heavy atom. The molecular formula is C33H35N7O2. The van der Waals surface area contributed by atoms with E-state index in [9.17, 15) is 4.79 Å². The van der Waals surface area contributed by atoms with E-state index in [-0.39, 0.29) is 11.9 Å². The first kappa shape index (κ1) is 27.4. The quantitative estimate of drug-likeness (QED) is 0.234. The van der Waals surface area contributed by atoms with Crippen LogP contribution in [0.1, 0.15) is 37.2 Å². The fraction of sp³-hybridized carbons (Fsp3) is 0.273. The number of benzene rings is 2. The van der Waals surface area contributed by atoms with E-state index >= 15 is 0 Å². The lowest BCUT2D eigenvalue weighted by Crippen LogP contribution is -2.46. The van der Waals surface area contributed by atoms with Crippen LogP contribution in [-0.4, -0.2) is 55.5 Å². The third-order valence-corrected chi connectivity index (χ3v) is 7.78. The highest BCUT2D eigenvalue weighted by Crippen LogP contribution is 2.29. The minimum Gasteiger partial charge on any atom is -0.457 e. The number of hydrogen-bond donors (Lipinski definition) is 2. The van der Waals surface area contributed by atoms with Crippen molar-refractivity contribution in [1.29, 1.82) is 0 Å². The first-order chi connectivity index (χ1) is 20.4. The summed E-state index contributed by atoms with van der Waals surface area (Å²) in [6.45, 7) is 6.40. The van der Waals surface area contributed by atoms with Crippen molar-refractivity contribution >= 4 is 28.6 Å². The summed E-state index contributed by atoms with van der Waals surface area (Å²) in [6.07, 6.45) is 7.07. The van der Waals surface area contributed by atoms with Gasteiger partial charge in [-0.05, 0) is 80.3 Å².